The van der Waals surface area contributed by atoms with Gasteiger partial charge in [-0.25, -0.2) is 15.0 Å². The molecular weight excluding hydrogens is 657 g/mol. The summed E-state index contributed by atoms with van der Waals surface area (Å²) in [5, 5.41) is 5.89. The van der Waals surface area contributed by atoms with Crippen LogP contribution in [0.1, 0.15) is 5.56 Å². The molecule has 52 heavy (non-hydrogen) atoms. The van der Waals surface area contributed by atoms with E-state index < -0.39 is 0 Å². The van der Waals surface area contributed by atoms with E-state index in [1.54, 1.807) is 11.3 Å². The zero-order valence-electron chi connectivity index (χ0n) is 28.0. The van der Waals surface area contributed by atoms with Gasteiger partial charge in [0.25, 0.3) is 0 Å². The SMILES string of the molecule is Cc1cc(-c2cccc(-c3nc(-c4cccc5c4sc4ccccc45)nc4ccccc34)c2)ccc1-n1c2ccccc2c2cc3ncoc3cc21. The molecule has 0 bridgehead atoms. The van der Waals surface area contributed by atoms with Crippen LogP contribution in [0.15, 0.2) is 156 Å². The summed E-state index contributed by atoms with van der Waals surface area (Å²) in [6, 6.07) is 51.7. The lowest BCUT2D eigenvalue weighted by molar-refractivity contribution is 0.602. The van der Waals surface area contributed by atoms with E-state index in [9.17, 15) is 0 Å². The number of thiophene rings is 1. The lowest BCUT2D eigenvalue weighted by atomic mass is 9.98. The van der Waals surface area contributed by atoms with Crippen LogP contribution in [0.3, 0.4) is 0 Å². The maximum atomic E-state index is 5.73. The number of para-hydroxylation sites is 2. The highest BCUT2D eigenvalue weighted by Gasteiger charge is 2.18. The van der Waals surface area contributed by atoms with Gasteiger partial charge in [-0.2, -0.15) is 0 Å². The van der Waals surface area contributed by atoms with Crippen molar-refractivity contribution in [3.8, 4) is 39.5 Å². The Labute approximate surface area is 302 Å². The molecule has 0 N–H and O–H groups in total. The van der Waals surface area contributed by atoms with Crippen LogP contribution in [0.5, 0.6) is 0 Å². The molecule has 11 rings (SSSR count). The Morgan fingerprint density at radius 2 is 1.33 bits per heavy atom. The van der Waals surface area contributed by atoms with Crippen LogP contribution >= 0.6 is 11.3 Å². The third-order valence-corrected chi connectivity index (χ3v) is 11.5. The van der Waals surface area contributed by atoms with Crippen LogP contribution in [0.25, 0.3) is 103 Å². The zero-order chi connectivity index (χ0) is 34.3. The van der Waals surface area contributed by atoms with Gasteiger partial charge in [-0.1, -0.05) is 91.0 Å². The smallest absolute Gasteiger partial charge is 0.181 e. The summed E-state index contributed by atoms with van der Waals surface area (Å²) in [5.41, 5.74) is 12.5. The van der Waals surface area contributed by atoms with Crippen LogP contribution in [0.4, 0.5) is 0 Å². The molecule has 0 aliphatic rings. The van der Waals surface area contributed by atoms with E-state index in [1.165, 1.54) is 37.5 Å². The minimum atomic E-state index is 0.741. The van der Waals surface area contributed by atoms with Gasteiger partial charge >= 0.3 is 0 Å². The van der Waals surface area contributed by atoms with Crippen LogP contribution in [-0.2, 0) is 0 Å². The van der Waals surface area contributed by atoms with Gasteiger partial charge in [0.15, 0.2) is 17.8 Å². The van der Waals surface area contributed by atoms with Crippen molar-refractivity contribution in [1.29, 1.82) is 0 Å². The molecule has 0 saturated carbocycles. The number of oxazole rings is 1. The Morgan fingerprint density at radius 3 is 2.25 bits per heavy atom. The predicted molar refractivity (Wildman–Crippen MR) is 215 cm³/mol. The summed E-state index contributed by atoms with van der Waals surface area (Å²) in [7, 11) is 0. The first-order valence-electron chi connectivity index (χ1n) is 17.3. The van der Waals surface area contributed by atoms with E-state index in [4.69, 9.17) is 14.4 Å². The fourth-order valence-electron chi connectivity index (χ4n) is 7.85. The van der Waals surface area contributed by atoms with E-state index in [2.05, 4.69) is 162 Å². The molecule has 4 aromatic heterocycles. The molecule has 0 unspecified atom stereocenters. The highest BCUT2D eigenvalue weighted by atomic mass is 32.1. The summed E-state index contributed by atoms with van der Waals surface area (Å²) in [4.78, 5) is 14.9. The molecule has 0 amide bonds. The summed E-state index contributed by atoms with van der Waals surface area (Å²) < 4.78 is 10.5. The lowest BCUT2D eigenvalue weighted by Crippen LogP contribution is -1.97. The molecule has 0 radical (unpaired) electrons. The number of fused-ring (bicyclic) bond motifs is 8. The van der Waals surface area contributed by atoms with Gasteiger partial charge < -0.3 is 8.98 Å². The van der Waals surface area contributed by atoms with Crippen molar-refractivity contribution in [2.45, 2.75) is 6.92 Å². The van der Waals surface area contributed by atoms with E-state index >= 15 is 0 Å². The Morgan fingerprint density at radius 1 is 0.558 bits per heavy atom. The molecule has 0 aliphatic heterocycles. The highest BCUT2D eigenvalue weighted by Crippen LogP contribution is 2.41. The monoisotopic (exact) mass is 684 g/mol. The molecule has 0 spiro atoms. The quantitative estimate of drug-likeness (QED) is 0.185. The van der Waals surface area contributed by atoms with Gasteiger partial charge in [-0.05, 0) is 72.1 Å². The van der Waals surface area contributed by atoms with E-state index in [-0.39, 0.29) is 0 Å². The number of benzene rings is 7. The Hall–Kier alpha value is -6.63. The Bertz CT molecular complexity index is 3220. The molecule has 0 atom stereocenters. The summed E-state index contributed by atoms with van der Waals surface area (Å²) >= 11 is 1.80. The number of aromatic nitrogens is 4. The van der Waals surface area contributed by atoms with Crippen LogP contribution in [0, 0.1) is 6.92 Å². The zero-order valence-corrected chi connectivity index (χ0v) is 28.9. The van der Waals surface area contributed by atoms with Crippen molar-refractivity contribution in [3.05, 3.63) is 158 Å². The van der Waals surface area contributed by atoms with Gasteiger partial charge in [0.1, 0.15) is 5.52 Å². The van der Waals surface area contributed by atoms with Crippen molar-refractivity contribution in [2.24, 2.45) is 0 Å². The topological polar surface area (TPSA) is 56.7 Å². The average Bonchev–Trinajstić information content (AvgIpc) is 3.90. The molecule has 11 aromatic rings. The summed E-state index contributed by atoms with van der Waals surface area (Å²) in [6.07, 6.45) is 1.51. The number of hydrogen-bond donors (Lipinski definition) is 0. The predicted octanol–water partition coefficient (Wildman–Crippen LogP) is 12.5. The number of nitrogens with zero attached hydrogens (tertiary/aromatic N) is 4. The second-order valence-electron chi connectivity index (χ2n) is 13.3. The van der Waals surface area contributed by atoms with Crippen molar-refractivity contribution in [2.75, 3.05) is 0 Å². The normalized spacial score (nSPS) is 11.9. The van der Waals surface area contributed by atoms with E-state index in [0.29, 0.717) is 0 Å². The summed E-state index contributed by atoms with van der Waals surface area (Å²) in [6.45, 7) is 2.19. The average molecular weight is 685 g/mol. The third kappa shape index (κ3) is 4.38. The van der Waals surface area contributed by atoms with Gasteiger partial charge in [0, 0.05) is 59.2 Å². The van der Waals surface area contributed by atoms with Crippen LogP contribution in [-0.4, -0.2) is 19.5 Å². The van der Waals surface area contributed by atoms with E-state index in [0.717, 1.165) is 77.9 Å². The Balaban J connectivity index is 1.04. The number of aryl methyl sites for hydroxylation is 1. The maximum Gasteiger partial charge on any atom is 0.181 e. The van der Waals surface area contributed by atoms with Crippen LogP contribution < -0.4 is 0 Å². The Kier molecular flexibility index (Phi) is 6.27. The molecule has 5 nitrogen and oxygen atoms in total. The van der Waals surface area contributed by atoms with Crippen molar-refractivity contribution in [1.82, 2.24) is 19.5 Å². The number of rotatable bonds is 4. The standard InChI is InChI=1S/C46H28N4OS/c1-27-22-29(20-21-39(27)50-40-18-6-3-12-31(40)36-24-38-42(25-41(36)50)51-26-47-38)28-10-8-11-30(23-28)44-34-14-2-5-17-37(34)48-46(49-44)35-16-9-15-33-32-13-4-7-19-43(32)52-45(33)35/h2-26H,1H3. The lowest BCUT2D eigenvalue weighted by Gasteiger charge is -2.14. The van der Waals surface area contributed by atoms with Crippen LogP contribution in [0.2, 0.25) is 0 Å². The van der Waals surface area contributed by atoms with E-state index in [1.807, 2.05) is 0 Å². The largest absolute Gasteiger partial charge is 0.443 e. The number of hydrogen-bond acceptors (Lipinski definition) is 5. The van der Waals surface area contributed by atoms with Gasteiger partial charge in [-0.15, -0.1) is 11.3 Å². The van der Waals surface area contributed by atoms with Crippen molar-refractivity contribution in [3.63, 3.8) is 0 Å². The molecule has 0 aliphatic carbocycles. The molecular formula is C46H28N4OS. The molecule has 7 aromatic carbocycles. The molecule has 0 fully saturated rings. The molecule has 6 heteroatoms. The first-order valence-corrected chi connectivity index (χ1v) is 18.2. The van der Waals surface area contributed by atoms with Gasteiger partial charge in [0.05, 0.1) is 22.2 Å². The minimum Gasteiger partial charge on any atom is -0.443 e. The van der Waals surface area contributed by atoms with Crippen molar-refractivity contribution < 1.29 is 4.42 Å². The molecule has 244 valence electrons. The van der Waals surface area contributed by atoms with Crippen molar-refractivity contribution >= 4 is 75.3 Å². The van der Waals surface area contributed by atoms with Gasteiger partial charge in [0.2, 0.25) is 0 Å². The third-order valence-electron chi connectivity index (χ3n) is 10.3. The summed E-state index contributed by atoms with van der Waals surface area (Å²) in [5.74, 6) is 0.741. The highest BCUT2D eigenvalue weighted by molar-refractivity contribution is 7.26. The fraction of sp³-hybridized carbons (Fsp3) is 0.0217. The molecule has 0 saturated heterocycles. The molecule has 4 heterocycles. The first-order chi connectivity index (χ1) is 25.7. The fourth-order valence-corrected chi connectivity index (χ4v) is 9.06. The maximum absolute atomic E-state index is 5.73. The second-order valence-corrected chi connectivity index (χ2v) is 14.4. The first kappa shape index (κ1) is 29.1. The minimum absolute atomic E-state index is 0.741. The van der Waals surface area contributed by atoms with Gasteiger partial charge in [-0.3, -0.25) is 0 Å². The second kappa shape index (κ2) is 11.2.